The van der Waals surface area contributed by atoms with Crippen LogP contribution in [0.25, 0.3) is 0 Å². The number of hydrogen-bond donors (Lipinski definition) is 2. The summed E-state index contributed by atoms with van der Waals surface area (Å²) >= 11 is 0. The van der Waals surface area contributed by atoms with Crippen molar-refractivity contribution >= 4 is 30.8 Å². The SMILES string of the molecule is O=P(O)(O)C[P+](c1ccccc1)(c1ccccc1)c1ccccc1. The molecule has 3 nitrogen and oxygen atoms in total. The van der Waals surface area contributed by atoms with Gasteiger partial charge in [0.25, 0.3) is 0 Å². The van der Waals surface area contributed by atoms with Gasteiger partial charge in [0.1, 0.15) is 23.2 Å². The topological polar surface area (TPSA) is 57.5 Å². The summed E-state index contributed by atoms with van der Waals surface area (Å²) in [4.78, 5) is 19.8. The van der Waals surface area contributed by atoms with Gasteiger partial charge in [0, 0.05) is 0 Å². The van der Waals surface area contributed by atoms with Crippen LogP contribution in [0.15, 0.2) is 91.0 Å². The first-order valence-corrected chi connectivity index (χ1v) is 11.4. The lowest BCUT2D eigenvalue weighted by Gasteiger charge is -2.27. The highest BCUT2D eigenvalue weighted by Gasteiger charge is 2.50. The van der Waals surface area contributed by atoms with Gasteiger partial charge in [-0.3, -0.25) is 4.57 Å². The molecule has 5 heteroatoms. The van der Waals surface area contributed by atoms with Crippen LogP contribution in [0, 0.1) is 0 Å². The first-order chi connectivity index (χ1) is 11.5. The van der Waals surface area contributed by atoms with E-state index in [0.29, 0.717) is 0 Å². The quantitative estimate of drug-likeness (QED) is 0.690. The molecule has 0 aliphatic carbocycles. The summed E-state index contributed by atoms with van der Waals surface area (Å²) in [5.41, 5.74) is 0. The molecular weight excluding hydrogens is 338 g/mol. The molecule has 0 amide bonds. The molecule has 0 spiro atoms. The van der Waals surface area contributed by atoms with Crippen LogP contribution >= 0.6 is 14.9 Å². The van der Waals surface area contributed by atoms with Crippen molar-refractivity contribution in [2.45, 2.75) is 0 Å². The van der Waals surface area contributed by atoms with Gasteiger partial charge in [0.2, 0.25) is 0 Å². The van der Waals surface area contributed by atoms with Gasteiger partial charge >= 0.3 is 7.60 Å². The highest BCUT2D eigenvalue weighted by atomic mass is 31.2. The molecule has 0 aromatic heterocycles. The third kappa shape index (κ3) is 3.50. The first-order valence-electron chi connectivity index (χ1n) is 7.62. The fourth-order valence-corrected chi connectivity index (χ4v) is 10.1. The highest BCUT2D eigenvalue weighted by Crippen LogP contribution is 2.63. The zero-order valence-corrected chi connectivity index (χ0v) is 14.9. The van der Waals surface area contributed by atoms with Gasteiger partial charge in [0.05, 0.1) is 0 Å². The van der Waals surface area contributed by atoms with E-state index in [0.717, 1.165) is 15.9 Å². The largest absolute Gasteiger partial charge is 0.363 e. The molecule has 0 unspecified atom stereocenters. The lowest BCUT2D eigenvalue weighted by molar-refractivity contribution is 0.379. The lowest BCUT2D eigenvalue weighted by Crippen LogP contribution is -2.33. The Morgan fingerprint density at radius 2 is 0.917 bits per heavy atom. The number of benzene rings is 3. The van der Waals surface area contributed by atoms with Crippen molar-refractivity contribution in [3.63, 3.8) is 0 Å². The standard InChI is InChI=1S/C19H18O3P2/c20-24(21,22)16-23(17-10-4-1-5-11-17,18-12-6-2-7-13-18)19-14-8-3-9-15-19/h1-15H,16H2,(H-,20,21,22)/p+1. The molecule has 0 saturated carbocycles. The summed E-state index contributed by atoms with van der Waals surface area (Å²) in [6.07, 6.45) is 0. The van der Waals surface area contributed by atoms with Crippen LogP contribution < -0.4 is 15.9 Å². The molecule has 0 fully saturated rings. The van der Waals surface area contributed by atoms with E-state index in [1.165, 1.54) is 0 Å². The van der Waals surface area contributed by atoms with Gasteiger partial charge in [-0.15, -0.1) is 0 Å². The Labute approximate surface area is 142 Å². The summed E-state index contributed by atoms with van der Waals surface area (Å²) in [6.45, 7) is 0. The summed E-state index contributed by atoms with van der Waals surface area (Å²) in [5.74, 6) is -0.169. The molecule has 0 radical (unpaired) electrons. The minimum Gasteiger partial charge on any atom is -0.322 e. The van der Waals surface area contributed by atoms with Crippen molar-refractivity contribution in [1.29, 1.82) is 0 Å². The minimum atomic E-state index is -4.23. The van der Waals surface area contributed by atoms with E-state index in [1.54, 1.807) is 0 Å². The smallest absolute Gasteiger partial charge is 0.322 e. The van der Waals surface area contributed by atoms with Gasteiger partial charge in [-0.2, -0.15) is 0 Å². The zero-order chi connectivity index (χ0) is 17.0. The highest BCUT2D eigenvalue weighted by molar-refractivity contribution is 8.00. The second-order valence-electron chi connectivity index (χ2n) is 5.62. The molecule has 3 rings (SSSR count). The van der Waals surface area contributed by atoms with E-state index in [2.05, 4.69) is 0 Å². The average molecular weight is 357 g/mol. The van der Waals surface area contributed by atoms with Crippen molar-refractivity contribution in [3.8, 4) is 0 Å². The van der Waals surface area contributed by atoms with E-state index in [1.807, 2.05) is 91.0 Å². The van der Waals surface area contributed by atoms with Gasteiger partial charge < -0.3 is 9.79 Å². The van der Waals surface area contributed by atoms with Crippen molar-refractivity contribution in [3.05, 3.63) is 91.0 Å². The van der Waals surface area contributed by atoms with E-state index < -0.39 is 14.9 Å². The molecule has 3 aromatic carbocycles. The summed E-state index contributed by atoms with van der Waals surface area (Å²) in [5, 5.41) is 2.93. The van der Waals surface area contributed by atoms with E-state index in [-0.39, 0.29) is 5.90 Å². The summed E-state index contributed by atoms with van der Waals surface area (Å²) < 4.78 is 12.1. The molecule has 24 heavy (non-hydrogen) atoms. The van der Waals surface area contributed by atoms with Crippen LogP contribution in [-0.2, 0) is 4.57 Å². The number of hydrogen-bond acceptors (Lipinski definition) is 1. The monoisotopic (exact) mass is 357 g/mol. The predicted octanol–water partition coefficient (Wildman–Crippen LogP) is 3.12. The fraction of sp³-hybridized carbons (Fsp3) is 0.0526. The van der Waals surface area contributed by atoms with Crippen molar-refractivity contribution < 1.29 is 14.4 Å². The molecule has 0 bridgehead atoms. The van der Waals surface area contributed by atoms with E-state index in [9.17, 15) is 14.4 Å². The van der Waals surface area contributed by atoms with Crippen LogP contribution in [-0.4, -0.2) is 15.7 Å². The molecule has 122 valence electrons. The Hall–Kier alpha value is -1.76. The molecule has 0 aliphatic heterocycles. The fourth-order valence-electron chi connectivity index (χ4n) is 3.02. The molecule has 2 N–H and O–H groups in total. The second kappa shape index (κ2) is 7.01. The first kappa shape index (κ1) is 17.1. The van der Waals surface area contributed by atoms with Crippen LogP contribution in [0.2, 0.25) is 0 Å². The zero-order valence-electron chi connectivity index (χ0n) is 13.1. The van der Waals surface area contributed by atoms with E-state index >= 15 is 0 Å². The van der Waals surface area contributed by atoms with Crippen LogP contribution in [0.3, 0.4) is 0 Å². The second-order valence-corrected chi connectivity index (χ2v) is 11.3. The van der Waals surface area contributed by atoms with Gasteiger partial charge in [0.15, 0.2) is 5.90 Å². The van der Waals surface area contributed by atoms with Gasteiger partial charge in [-0.1, -0.05) is 54.6 Å². The Bertz CT molecular complexity index is 734. The third-order valence-corrected chi connectivity index (χ3v) is 10.7. The maximum Gasteiger partial charge on any atom is 0.363 e. The lowest BCUT2D eigenvalue weighted by atomic mass is 10.4. The maximum atomic E-state index is 12.1. The Kier molecular flexibility index (Phi) is 4.99. The average Bonchev–Trinajstić information content (AvgIpc) is 2.61. The minimum absolute atomic E-state index is 0.169. The number of rotatable bonds is 5. The Morgan fingerprint density at radius 3 is 1.17 bits per heavy atom. The van der Waals surface area contributed by atoms with E-state index in [4.69, 9.17) is 0 Å². The van der Waals surface area contributed by atoms with Crippen LogP contribution in [0.4, 0.5) is 0 Å². The molecular formula is C19H19O3P2+. The normalized spacial score (nSPS) is 12.1. The maximum absolute atomic E-state index is 12.1. The molecule has 3 aromatic rings. The van der Waals surface area contributed by atoms with Gasteiger partial charge in [-0.05, 0) is 36.4 Å². The predicted molar refractivity (Wildman–Crippen MR) is 102 cm³/mol. The van der Waals surface area contributed by atoms with Crippen LogP contribution in [0.1, 0.15) is 0 Å². The Balaban J connectivity index is 2.35. The van der Waals surface area contributed by atoms with Crippen molar-refractivity contribution in [2.24, 2.45) is 0 Å². The van der Waals surface area contributed by atoms with Gasteiger partial charge in [-0.25, -0.2) is 0 Å². The molecule has 0 saturated heterocycles. The Morgan fingerprint density at radius 1 is 0.625 bits per heavy atom. The van der Waals surface area contributed by atoms with Crippen molar-refractivity contribution in [1.82, 2.24) is 0 Å². The third-order valence-electron chi connectivity index (χ3n) is 3.99. The molecule has 0 atom stereocenters. The molecule has 0 heterocycles. The summed E-state index contributed by atoms with van der Waals surface area (Å²) in [7, 11) is -6.67. The van der Waals surface area contributed by atoms with Crippen LogP contribution in [0.5, 0.6) is 0 Å². The molecule has 0 aliphatic rings. The summed E-state index contributed by atoms with van der Waals surface area (Å²) in [6, 6.07) is 29.2. The van der Waals surface area contributed by atoms with Crippen molar-refractivity contribution in [2.75, 3.05) is 5.90 Å².